The van der Waals surface area contributed by atoms with Crippen LogP contribution in [0.3, 0.4) is 0 Å². The maximum absolute atomic E-state index is 11.1. The van der Waals surface area contributed by atoms with Crippen LogP contribution in [-0.4, -0.2) is 17.0 Å². The Morgan fingerprint density at radius 2 is 2.25 bits per heavy atom. The van der Waals surface area contributed by atoms with E-state index in [1.807, 2.05) is 0 Å². The average molecular weight is 166 g/mol. The summed E-state index contributed by atoms with van der Waals surface area (Å²) in [6, 6.07) is 0. The summed E-state index contributed by atoms with van der Waals surface area (Å²) in [6.45, 7) is 0. The molecule has 1 fully saturated rings. The van der Waals surface area contributed by atoms with Gasteiger partial charge in [0.05, 0.1) is 0 Å². The topological polar surface area (TPSA) is 37.3 Å². The van der Waals surface area contributed by atoms with Gasteiger partial charge in [-0.25, -0.2) is 0 Å². The number of carbonyl (C=O) groups is 1. The van der Waals surface area contributed by atoms with Crippen molar-refractivity contribution in [3.8, 4) is 0 Å². The van der Waals surface area contributed by atoms with Crippen LogP contribution in [0.2, 0.25) is 0 Å². The molecule has 0 heterocycles. The van der Waals surface area contributed by atoms with Crippen molar-refractivity contribution in [3.05, 3.63) is 11.6 Å². The number of hydrogen-bond donors (Lipinski definition) is 1. The van der Waals surface area contributed by atoms with E-state index < -0.39 is 6.10 Å². The van der Waals surface area contributed by atoms with E-state index in [0.717, 1.165) is 12.8 Å². The number of fused-ring (bicyclic) bond motifs is 1. The van der Waals surface area contributed by atoms with Crippen molar-refractivity contribution in [1.29, 1.82) is 0 Å². The van der Waals surface area contributed by atoms with Gasteiger partial charge in [-0.3, -0.25) is 4.79 Å². The van der Waals surface area contributed by atoms with Crippen molar-refractivity contribution in [2.75, 3.05) is 0 Å². The summed E-state index contributed by atoms with van der Waals surface area (Å²) in [5.74, 6) is 0.426. The molecule has 0 aromatic carbocycles. The van der Waals surface area contributed by atoms with E-state index in [4.69, 9.17) is 0 Å². The fraction of sp³-hybridized carbons (Fsp3) is 0.700. The second kappa shape index (κ2) is 3.02. The molecule has 2 aliphatic rings. The Kier molecular flexibility index (Phi) is 2.01. The molecule has 2 aliphatic carbocycles. The van der Waals surface area contributed by atoms with Gasteiger partial charge in [-0.05, 0) is 37.7 Å². The Morgan fingerprint density at radius 1 is 1.42 bits per heavy atom. The molecular weight excluding hydrogens is 152 g/mol. The average Bonchev–Trinajstić information content (AvgIpc) is 2.07. The number of ketones is 1. The Balaban J connectivity index is 2.19. The lowest BCUT2D eigenvalue weighted by Crippen LogP contribution is -2.29. The highest BCUT2D eigenvalue weighted by Crippen LogP contribution is 2.35. The van der Waals surface area contributed by atoms with Crippen LogP contribution < -0.4 is 0 Å². The summed E-state index contributed by atoms with van der Waals surface area (Å²) in [6.07, 6.45) is 6.34. The Hall–Kier alpha value is -0.630. The lowest BCUT2D eigenvalue weighted by Gasteiger charge is -2.30. The standard InChI is InChI=1S/C10H14O2/c11-9-5-7-3-1-2-4-8(7)6-10(9)12/h5,8,10,12H,1-4,6H2/t8-,10?/m0/s1. The van der Waals surface area contributed by atoms with E-state index >= 15 is 0 Å². The fourth-order valence-corrected chi connectivity index (χ4v) is 2.23. The van der Waals surface area contributed by atoms with Gasteiger partial charge in [-0.1, -0.05) is 12.0 Å². The molecule has 0 aliphatic heterocycles. The zero-order valence-corrected chi connectivity index (χ0v) is 7.12. The minimum atomic E-state index is -0.711. The van der Waals surface area contributed by atoms with Crippen molar-refractivity contribution in [2.24, 2.45) is 5.92 Å². The zero-order valence-electron chi connectivity index (χ0n) is 7.12. The molecule has 0 bridgehead atoms. The van der Waals surface area contributed by atoms with Crippen molar-refractivity contribution < 1.29 is 9.90 Å². The van der Waals surface area contributed by atoms with E-state index in [0.29, 0.717) is 12.3 Å². The maximum Gasteiger partial charge on any atom is 0.184 e. The lowest BCUT2D eigenvalue weighted by molar-refractivity contribution is -0.123. The molecule has 0 radical (unpaired) electrons. The molecule has 1 N–H and O–H groups in total. The molecule has 0 spiro atoms. The number of carbonyl (C=O) groups excluding carboxylic acids is 1. The van der Waals surface area contributed by atoms with Gasteiger partial charge in [0.1, 0.15) is 6.10 Å². The Bertz CT molecular complexity index is 230. The molecule has 1 unspecified atom stereocenters. The van der Waals surface area contributed by atoms with Gasteiger partial charge in [-0.2, -0.15) is 0 Å². The molecular formula is C10H14O2. The van der Waals surface area contributed by atoms with Gasteiger partial charge in [0.2, 0.25) is 0 Å². The third kappa shape index (κ3) is 1.31. The first kappa shape index (κ1) is 7.99. The normalized spacial score (nSPS) is 35.8. The van der Waals surface area contributed by atoms with Crippen molar-refractivity contribution in [3.63, 3.8) is 0 Å². The van der Waals surface area contributed by atoms with Crippen molar-refractivity contribution >= 4 is 5.78 Å². The smallest absolute Gasteiger partial charge is 0.184 e. The summed E-state index contributed by atoms with van der Waals surface area (Å²) < 4.78 is 0. The first-order valence-electron chi connectivity index (χ1n) is 4.70. The minimum Gasteiger partial charge on any atom is -0.385 e. The van der Waals surface area contributed by atoms with Crippen LogP contribution >= 0.6 is 0 Å². The Morgan fingerprint density at radius 3 is 3.08 bits per heavy atom. The van der Waals surface area contributed by atoms with Crippen LogP contribution in [0.1, 0.15) is 32.1 Å². The molecule has 12 heavy (non-hydrogen) atoms. The number of aliphatic hydroxyl groups is 1. The molecule has 2 rings (SSSR count). The van der Waals surface area contributed by atoms with Crippen LogP contribution in [0.4, 0.5) is 0 Å². The SMILES string of the molecule is O=C1C=C2CCCC[C@H]2CC1O. The van der Waals surface area contributed by atoms with Gasteiger partial charge in [0.25, 0.3) is 0 Å². The van der Waals surface area contributed by atoms with Crippen LogP contribution in [0.15, 0.2) is 11.6 Å². The molecule has 1 saturated carbocycles. The highest BCUT2D eigenvalue weighted by Gasteiger charge is 2.29. The van der Waals surface area contributed by atoms with Gasteiger partial charge < -0.3 is 5.11 Å². The molecule has 0 saturated heterocycles. The highest BCUT2D eigenvalue weighted by atomic mass is 16.3. The van der Waals surface area contributed by atoms with Gasteiger partial charge >= 0.3 is 0 Å². The molecule has 0 aromatic rings. The lowest BCUT2D eigenvalue weighted by atomic mass is 9.76. The Labute approximate surface area is 72.3 Å². The molecule has 2 heteroatoms. The summed E-state index contributed by atoms with van der Waals surface area (Å²) in [4.78, 5) is 11.1. The quantitative estimate of drug-likeness (QED) is 0.591. The number of allylic oxidation sites excluding steroid dienone is 1. The van der Waals surface area contributed by atoms with Gasteiger partial charge in [-0.15, -0.1) is 0 Å². The third-order valence-corrected chi connectivity index (χ3v) is 2.96. The summed E-state index contributed by atoms with van der Waals surface area (Å²) in [5, 5.41) is 9.32. The van der Waals surface area contributed by atoms with Crippen LogP contribution in [0, 0.1) is 5.92 Å². The van der Waals surface area contributed by atoms with E-state index in [2.05, 4.69) is 0 Å². The molecule has 0 aromatic heterocycles. The summed E-state index contributed by atoms with van der Waals surface area (Å²) in [5.41, 5.74) is 1.29. The largest absolute Gasteiger partial charge is 0.385 e. The second-order valence-corrected chi connectivity index (χ2v) is 3.82. The number of aliphatic hydroxyl groups excluding tert-OH is 1. The highest BCUT2D eigenvalue weighted by molar-refractivity contribution is 5.95. The van der Waals surface area contributed by atoms with E-state index in [1.54, 1.807) is 6.08 Å². The molecule has 2 atom stereocenters. The van der Waals surface area contributed by atoms with Crippen LogP contribution in [-0.2, 0) is 4.79 Å². The second-order valence-electron chi connectivity index (χ2n) is 3.82. The zero-order chi connectivity index (χ0) is 8.55. The summed E-state index contributed by atoms with van der Waals surface area (Å²) >= 11 is 0. The first-order chi connectivity index (χ1) is 5.77. The maximum atomic E-state index is 11.1. The number of rotatable bonds is 0. The minimum absolute atomic E-state index is 0.0804. The predicted octanol–water partition coefficient (Wildman–Crippen LogP) is 1.44. The third-order valence-electron chi connectivity index (χ3n) is 2.96. The van der Waals surface area contributed by atoms with Gasteiger partial charge in [0.15, 0.2) is 5.78 Å². The monoisotopic (exact) mass is 166 g/mol. The van der Waals surface area contributed by atoms with E-state index in [1.165, 1.54) is 18.4 Å². The van der Waals surface area contributed by atoms with Crippen LogP contribution in [0.5, 0.6) is 0 Å². The van der Waals surface area contributed by atoms with E-state index in [-0.39, 0.29) is 5.78 Å². The molecule has 2 nitrogen and oxygen atoms in total. The van der Waals surface area contributed by atoms with E-state index in [9.17, 15) is 9.90 Å². The molecule has 66 valence electrons. The van der Waals surface area contributed by atoms with Gasteiger partial charge in [0, 0.05) is 0 Å². The predicted molar refractivity (Wildman–Crippen MR) is 45.7 cm³/mol. The van der Waals surface area contributed by atoms with Crippen molar-refractivity contribution in [1.82, 2.24) is 0 Å². The summed E-state index contributed by atoms with van der Waals surface area (Å²) in [7, 11) is 0. The molecule has 0 amide bonds. The fourth-order valence-electron chi connectivity index (χ4n) is 2.23. The van der Waals surface area contributed by atoms with Crippen molar-refractivity contribution in [2.45, 2.75) is 38.2 Å². The van der Waals surface area contributed by atoms with Crippen LogP contribution in [0.25, 0.3) is 0 Å². The first-order valence-corrected chi connectivity index (χ1v) is 4.70. The number of hydrogen-bond acceptors (Lipinski definition) is 2.